The molecular formula is C26H24F3N3O4S. The molecule has 11 heteroatoms. The molecule has 0 aliphatic carbocycles. The number of alkyl halides is 3. The van der Waals surface area contributed by atoms with Gasteiger partial charge in [0.2, 0.25) is 0 Å². The SMILES string of the molecule is C=CCOC(=O)N1CCC(c2nc(C(=O)Nc3ccccc3-c3ccc(OC(F)(F)F)cc3)cs2)CC1. The average Bonchev–Trinajstić information content (AvgIpc) is 3.38. The van der Waals surface area contributed by atoms with Crippen molar-refractivity contribution in [1.82, 2.24) is 9.88 Å². The van der Waals surface area contributed by atoms with Crippen LogP contribution in [0.1, 0.15) is 34.3 Å². The second-order valence-corrected chi connectivity index (χ2v) is 9.16. The summed E-state index contributed by atoms with van der Waals surface area (Å²) in [4.78, 5) is 31.2. The summed E-state index contributed by atoms with van der Waals surface area (Å²) in [6.07, 6.45) is -2.18. The van der Waals surface area contributed by atoms with Gasteiger partial charge in [0.1, 0.15) is 18.1 Å². The number of hydrogen-bond donors (Lipinski definition) is 1. The highest BCUT2D eigenvalue weighted by molar-refractivity contribution is 7.10. The molecule has 4 rings (SSSR count). The molecule has 0 spiro atoms. The Morgan fingerprint density at radius 3 is 2.51 bits per heavy atom. The van der Waals surface area contributed by atoms with Gasteiger partial charge in [-0.3, -0.25) is 4.79 Å². The van der Waals surface area contributed by atoms with E-state index in [0.717, 1.165) is 5.01 Å². The number of carbonyl (C=O) groups excluding carboxylic acids is 2. The highest BCUT2D eigenvalue weighted by Gasteiger charge is 2.31. The van der Waals surface area contributed by atoms with Gasteiger partial charge in [-0.15, -0.1) is 24.5 Å². The van der Waals surface area contributed by atoms with Gasteiger partial charge in [-0.25, -0.2) is 9.78 Å². The van der Waals surface area contributed by atoms with Crippen LogP contribution in [-0.2, 0) is 4.74 Å². The van der Waals surface area contributed by atoms with Crippen molar-refractivity contribution < 1.29 is 32.2 Å². The van der Waals surface area contributed by atoms with Gasteiger partial charge < -0.3 is 19.7 Å². The number of ether oxygens (including phenoxy) is 2. The molecule has 0 bridgehead atoms. The summed E-state index contributed by atoms with van der Waals surface area (Å²) in [6.45, 7) is 4.79. The number of nitrogens with one attached hydrogen (secondary N) is 1. The monoisotopic (exact) mass is 531 g/mol. The van der Waals surface area contributed by atoms with Gasteiger partial charge in [0.05, 0.1) is 5.01 Å². The molecule has 1 aliphatic rings. The molecule has 0 unspecified atom stereocenters. The van der Waals surface area contributed by atoms with Gasteiger partial charge in [0.15, 0.2) is 0 Å². The quantitative estimate of drug-likeness (QED) is 0.354. The van der Waals surface area contributed by atoms with Gasteiger partial charge in [0, 0.05) is 35.6 Å². The molecule has 0 radical (unpaired) electrons. The molecule has 2 amide bonds. The number of thiazole rings is 1. The second-order valence-electron chi connectivity index (χ2n) is 8.27. The summed E-state index contributed by atoms with van der Waals surface area (Å²) < 4.78 is 46.3. The van der Waals surface area contributed by atoms with Gasteiger partial charge in [0.25, 0.3) is 5.91 Å². The standard InChI is InChI=1S/C26H24F3N3O4S/c1-2-15-35-25(34)32-13-11-18(12-14-32)24-31-22(16-37-24)23(33)30-21-6-4-3-5-20(21)17-7-9-19(10-8-17)36-26(27,28)29/h2-10,16,18H,1,11-15H2,(H,30,33). The minimum absolute atomic E-state index is 0.139. The molecule has 1 N–H and O–H groups in total. The maximum Gasteiger partial charge on any atom is 0.573 e. The Labute approximate surface area is 215 Å². The molecule has 2 heterocycles. The third kappa shape index (κ3) is 6.88. The van der Waals surface area contributed by atoms with E-state index in [2.05, 4.69) is 21.6 Å². The number of hydrogen-bond acceptors (Lipinski definition) is 6. The zero-order chi connectivity index (χ0) is 26.4. The number of para-hydroxylation sites is 1. The number of piperidine rings is 1. The van der Waals surface area contributed by atoms with Gasteiger partial charge in [-0.05, 0) is 36.6 Å². The van der Waals surface area contributed by atoms with Crippen molar-refractivity contribution >= 4 is 29.0 Å². The molecule has 0 atom stereocenters. The molecule has 3 aromatic rings. The van der Waals surface area contributed by atoms with Crippen LogP contribution >= 0.6 is 11.3 Å². The van der Waals surface area contributed by atoms with Crippen molar-refractivity contribution in [3.05, 3.63) is 77.3 Å². The highest BCUT2D eigenvalue weighted by atomic mass is 32.1. The minimum Gasteiger partial charge on any atom is -0.445 e. The smallest absolute Gasteiger partial charge is 0.445 e. The first kappa shape index (κ1) is 26.2. The summed E-state index contributed by atoms with van der Waals surface area (Å²) in [5.41, 5.74) is 2.03. The van der Waals surface area contributed by atoms with E-state index in [4.69, 9.17) is 4.74 Å². The number of carbonyl (C=O) groups is 2. The molecule has 0 saturated carbocycles. The lowest BCUT2D eigenvalue weighted by Gasteiger charge is -2.30. The molecule has 194 valence electrons. The minimum atomic E-state index is -4.77. The van der Waals surface area contributed by atoms with Crippen LogP contribution in [0, 0.1) is 0 Å². The van der Waals surface area contributed by atoms with Crippen molar-refractivity contribution in [1.29, 1.82) is 0 Å². The number of rotatable bonds is 7. The third-order valence-electron chi connectivity index (χ3n) is 5.76. The maximum absolute atomic E-state index is 13.0. The fourth-order valence-electron chi connectivity index (χ4n) is 3.98. The van der Waals surface area contributed by atoms with E-state index >= 15 is 0 Å². The van der Waals surface area contributed by atoms with Crippen LogP contribution in [-0.4, -0.2) is 47.9 Å². The number of anilines is 1. The van der Waals surface area contributed by atoms with Crippen molar-refractivity contribution in [3.63, 3.8) is 0 Å². The van der Waals surface area contributed by atoms with Crippen molar-refractivity contribution in [2.24, 2.45) is 0 Å². The summed E-state index contributed by atoms with van der Waals surface area (Å²) >= 11 is 1.40. The van der Waals surface area contributed by atoms with E-state index in [9.17, 15) is 22.8 Å². The second kappa shape index (κ2) is 11.5. The Morgan fingerprint density at radius 2 is 1.84 bits per heavy atom. The Kier molecular flexibility index (Phi) is 8.12. The molecule has 1 aromatic heterocycles. The largest absolute Gasteiger partial charge is 0.573 e. The van der Waals surface area contributed by atoms with Crippen LogP contribution in [0.25, 0.3) is 11.1 Å². The zero-order valence-corrected chi connectivity index (χ0v) is 20.5. The average molecular weight is 532 g/mol. The number of benzene rings is 2. The summed E-state index contributed by atoms with van der Waals surface area (Å²) in [6, 6.07) is 12.4. The fourth-order valence-corrected chi connectivity index (χ4v) is 4.95. The predicted octanol–water partition coefficient (Wildman–Crippen LogP) is 6.46. The fraction of sp³-hybridized carbons (Fsp3) is 0.269. The lowest BCUT2D eigenvalue weighted by Crippen LogP contribution is -2.38. The van der Waals surface area contributed by atoms with Crippen LogP contribution in [0.15, 0.2) is 66.6 Å². The van der Waals surface area contributed by atoms with Crippen molar-refractivity contribution in [2.75, 3.05) is 25.0 Å². The van der Waals surface area contributed by atoms with Crippen LogP contribution < -0.4 is 10.1 Å². The lowest BCUT2D eigenvalue weighted by molar-refractivity contribution is -0.274. The molecule has 2 aromatic carbocycles. The summed E-state index contributed by atoms with van der Waals surface area (Å²) in [5, 5.41) is 5.38. The van der Waals surface area contributed by atoms with Crippen LogP contribution in [0.2, 0.25) is 0 Å². The molecule has 1 fully saturated rings. The van der Waals surface area contributed by atoms with Crippen molar-refractivity contribution in [2.45, 2.75) is 25.1 Å². The first-order valence-corrected chi connectivity index (χ1v) is 12.4. The summed E-state index contributed by atoms with van der Waals surface area (Å²) in [7, 11) is 0. The van der Waals surface area contributed by atoms with E-state index in [-0.39, 0.29) is 30.1 Å². The first-order chi connectivity index (χ1) is 17.7. The number of likely N-dealkylation sites (tertiary alicyclic amines) is 1. The van der Waals surface area contributed by atoms with Gasteiger partial charge >= 0.3 is 12.5 Å². The highest BCUT2D eigenvalue weighted by Crippen LogP contribution is 2.33. The van der Waals surface area contributed by atoms with E-state index in [1.807, 2.05) is 0 Å². The Bertz CT molecular complexity index is 1250. The Balaban J connectivity index is 1.40. The molecule has 37 heavy (non-hydrogen) atoms. The zero-order valence-electron chi connectivity index (χ0n) is 19.7. The Morgan fingerprint density at radius 1 is 1.14 bits per heavy atom. The van der Waals surface area contributed by atoms with E-state index in [0.29, 0.717) is 42.7 Å². The summed E-state index contributed by atoms with van der Waals surface area (Å²) in [5.74, 6) is -0.579. The van der Waals surface area contributed by atoms with E-state index in [1.54, 1.807) is 34.5 Å². The van der Waals surface area contributed by atoms with Crippen LogP contribution in [0.4, 0.5) is 23.7 Å². The molecule has 7 nitrogen and oxygen atoms in total. The van der Waals surface area contributed by atoms with Crippen molar-refractivity contribution in [3.8, 4) is 16.9 Å². The number of halogens is 3. The molecular weight excluding hydrogens is 507 g/mol. The normalized spacial score (nSPS) is 14.2. The predicted molar refractivity (Wildman–Crippen MR) is 134 cm³/mol. The van der Waals surface area contributed by atoms with Crippen LogP contribution in [0.3, 0.4) is 0 Å². The van der Waals surface area contributed by atoms with Crippen LogP contribution in [0.5, 0.6) is 5.75 Å². The third-order valence-corrected chi connectivity index (χ3v) is 6.76. The maximum atomic E-state index is 13.0. The topological polar surface area (TPSA) is 80.8 Å². The Hall–Kier alpha value is -3.86. The van der Waals surface area contributed by atoms with Gasteiger partial charge in [-0.2, -0.15) is 0 Å². The van der Waals surface area contributed by atoms with E-state index in [1.165, 1.54) is 41.7 Å². The van der Waals surface area contributed by atoms with E-state index < -0.39 is 12.3 Å². The first-order valence-electron chi connectivity index (χ1n) is 11.5. The number of nitrogens with zero attached hydrogens (tertiary/aromatic N) is 2. The van der Waals surface area contributed by atoms with Gasteiger partial charge in [-0.1, -0.05) is 43.0 Å². The molecule has 1 saturated heterocycles. The number of amides is 2. The number of aromatic nitrogens is 1. The molecule has 1 aliphatic heterocycles. The lowest BCUT2D eigenvalue weighted by atomic mass is 9.98.